The summed E-state index contributed by atoms with van der Waals surface area (Å²) < 4.78 is 4.97. The molecule has 1 heterocycles. The lowest BCUT2D eigenvalue weighted by Crippen LogP contribution is -2.07. The SMILES string of the molecule is COCCCCNc1ncc(C)cc1N. The standard InChI is InChI=1S/C11H19N3O/c1-9-7-10(12)11(14-8-9)13-5-3-4-6-15-2/h7-8H,3-6,12H2,1-2H3,(H,13,14). The fraction of sp³-hybridized carbons (Fsp3) is 0.545. The molecule has 3 N–H and O–H groups in total. The zero-order chi connectivity index (χ0) is 11.1. The van der Waals surface area contributed by atoms with Crippen LogP contribution in [0.25, 0.3) is 0 Å². The Morgan fingerprint density at radius 3 is 2.93 bits per heavy atom. The van der Waals surface area contributed by atoms with Crippen LogP contribution in [0.3, 0.4) is 0 Å². The fourth-order valence-corrected chi connectivity index (χ4v) is 1.32. The van der Waals surface area contributed by atoms with Crippen molar-refractivity contribution in [2.24, 2.45) is 0 Å². The van der Waals surface area contributed by atoms with E-state index in [1.54, 1.807) is 7.11 Å². The molecule has 15 heavy (non-hydrogen) atoms. The molecule has 0 saturated carbocycles. The minimum Gasteiger partial charge on any atom is -0.396 e. The second-order valence-corrected chi connectivity index (χ2v) is 3.58. The van der Waals surface area contributed by atoms with Gasteiger partial charge >= 0.3 is 0 Å². The largest absolute Gasteiger partial charge is 0.396 e. The zero-order valence-electron chi connectivity index (χ0n) is 9.42. The first-order valence-electron chi connectivity index (χ1n) is 5.19. The Morgan fingerprint density at radius 2 is 2.27 bits per heavy atom. The van der Waals surface area contributed by atoms with Gasteiger partial charge in [-0.15, -0.1) is 0 Å². The number of ether oxygens (including phenoxy) is 1. The van der Waals surface area contributed by atoms with Crippen LogP contribution in [0, 0.1) is 6.92 Å². The Bertz CT molecular complexity index is 302. The molecule has 0 fully saturated rings. The molecule has 0 atom stereocenters. The summed E-state index contributed by atoms with van der Waals surface area (Å²) >= 11 is 0. The van der Waals surface area contributed by atoms with Crippen molar-refractivity contribution in [2.75, 3.05) is 31.3 Å². The number of hydrogen-bond acceptors (Lipinski definition) is 4. The van der Waals surface area contributed by atoms with E-state index in [0.717, 1.165) is 37.4 Å². The van der Waals surface area contributed by atoms with Crippen LogP contribution in [0.4, 0.5) is 11.5 Å². The molecular weight excluding hydrogens is 190 g/mol. The molecule has 0 radical (unpaired) electrons. The van der Waals surface area contributed by atoms with Crippen LogP contribution in [0.5, 0.6) is 0 Å². The predicted octanol–water partition coefficient (Wildman–Crippen LogP) is 1.81. The van der Waals surface area contributed by atoms with Crippen molar-refractivity contribution in [2.45, 2.75) is 19.8 Å². The summed E-state index contributed by atoms with van der Waals surface area (Å²) in [7, 11) is 1.72. The number of nitrogens with two attached hydrogens (primary N) is 1. The van der Waals surface area contributed by atoms with Crippen molar-refractivity contribution >= 4 is 11.5 Å². The summed E-state index contributed by atoms with van der Waals surface area (Å²) in [6.07, 6.45) is 3.92. The Labute approximate surface area is 90.8 Å². The molecule has 0 aromatic carbocycles. The number of nitrogens with one attached hydrogen (secondary N) is 1. The van der Waals surface area contributed by atoms with Gasteiger partial charge in [-0.3, -0.25) is 0 Å². The maximum atomic E-state index is 5.81. The lowest BCUT2D eigenvalue weighted by Gasteiger charge is -2.08. The first kappa shape index (κ1) is 11.8. The third-order valence-electron chi connectivity index (χ3n) is 2.12. The van der Waals surface area contributed by atoms with E-state index in [4.69, 9.17) is 10.5 Å². The van der Waals surface area contributed by atoms with Gasteiger partial charge in [0.1, 0.15) is 5.82 Å². The summed E-state index contributed by atoms with van der Waals surface area (Å²) in [6, 6.07) is 1.92. The van der Waals surface area contributed by atoms with Crippen molar-refractivity contribution in [1.29, 1.82) is 0 Å². The van der Waals surface area contributed by atoms with Crippen molar-refractivity contribution < 1.29 is 4.74 Å². The molecule has 0 aliphatic carbocycles. The number of hydrogen-bond donors (Lipinski definition) is 2. The van der Waals surface area contributed by atoms with Crippen LogP contribution in [-0.4, -0.2) is 25.2 Å². The third-order valence-corrected chi connectivity index (χ3v) is 2.12. The van der Waals surface area contributed by atoms with E-state index in [-0.39, 0.29) is 0 Å². The minimum absolute atomic E-state index is 0.710. The lowest BCUT2D eigenvalue weighted by molar-refractivity contribution is 0.194. The Morgan fingerprint density at radius 1 is 1.47 bits per heavy atom. The van der Waals surface area contributed by atoms with Crippen LogP contribution < -0.4 is 11.1 Å². The highest BCUT2D eigenvalue weighted by molar-refractivity contribution is 5.61. The smallest absolute Gasteiger partial charge is 0.149 e. The quantitative estimate of drug-likeness (QED) is 0.701. The Balaban J connectivity index is 2.31. The maximum Gasteiger partial charge on any atom is 0.149 e. The van der Waals surface area contributed by atoms with E-state index in [1.807, 2.05) is 19.2 Å². The second kappa shape index (κ2) is 6.24. The number of aromatic nitrogens is 1. The molecule has 1 aromatic rings. The van der Waals surface area contributed by atoms with Crippen LogP contribution in [0.15, 0.2) is 12.3 Å². The van der Waals surface area contributed by atoms with Crippen LogP contribution >= 0.6 is 0 Å². The van der Waals surface area contributed by atoms with Crippen molar-refractivity contribution in [3.05, 3.63) is 17.8 Å². The molecule has 0 amide bonds. The molecule has 0 aliphatic heterocycles. The predicted molar refractivity (Wildman–Crippen MR) is 63.0 cm³/mol. The van der Waals surface area contributed by atoms with Gasteiger partial charge in [-0.05, 0) is 31.4 Å². The number of nitrogens with zero attached hydrogens (tertiary/aromatic N) is 1. The fourth-order valence-electron chi connectivity index (χ4n) is 1.32. The molecule has 0 saturated heterocycles. The van der Waals surface area contributed by atoms with Gasteiger partial charge in [-0.2, -0.15) is 0 Å². The molecule has 1 rings (SSSR count). The molecule has 0 spiro atoms. The van der Waals surface area contributed by atoms with Gasteiger partial charge in [0.25, 0.3) is 0 Å². The summed E-state index contributed by atoms with van der Waals surface area (Å²) in [4.78, 5) is 4.23. The first-order chi connectivity index (χ1) is 7.24. The second-order valence-electron chi connectivity index (χ2n) is 3.58. The van der Waals surface area contributed by atoms with Crippen molar-refractivity contribution in [3.63, 3.8) is 0 Å². The zero-order valence-corrected chi connectivity index (χ0v) is 9.42. The number of rotatable bonds is 6. The summed E-state index contributed by atoms with van der Waals surface area (Å²) in [6.45, 7) is 3.66. The highest BCUT2D eigenvalue weighted by Gasteiger charge is 1.99. The van der Waals surface area contributed by atoms with Crippen molar-refractivity contribution in [1.82, 2.24) is 4.98 Å². The van der Waals surface area contributed by atoms with E-state index in [2.05, 4.69) is 10.3 Å². The Kier molecular flexibility index (Phi) is 4.90. The normalized spacial score (nSPS) is 10.3. The van der Waals surface area contributed by atoms with Crippen molar-refractivity contribution in [3.8, 4) is 0 Å². The Hall–Kier alpha value is -1.29. The van der Waals surface area contributed by atoms with Crippen LogP contribution in [0.2, 0.25) is 0 Å². The lowest BCUT2D eigenvalue weighted by atomic mass is 10.2. The number of methoxy groups -OCH3 is 1. The molecule has 4 heteroatoms. The van der Waals surface area contributed by atoms with Gasteiger partial charge in [-0.1, -0.05) is 0 Å². The number of unbranched alkanes of at least 4 members (excludes halogenated alkanes) is 1. The third kappa shape index (κ3) is 4.16. The molecule has 0 aliphatic rings. The molecule has 4 nitrogen and oxygen atoms in total. The topological polar surface area (TPSA) is 60.2 Å². The maximum absolute atomic E-state index is 5.81. The number of aryl methyl sites for hydroxylation is 1. The molecule has 84 valence electrons. The average Bonchev–Trinajstić information content (AvgIpc) is 2.20. The summed E-state index contributed by atoms with van der Waals surface area (Å²) in [5.41, 5.74) is 7.60. The van der Waals surface area contributed by atoms with Gasteiger partial charge in [0.05, 0.1) is 5.69 Å². The van der Waals surface area contributed by atoms with E-state index >= 15 is 0 Å². The number of nitrogen functional groups attached to an aromatic ring is 1. The molecular formula is C11H19N3O. The summed E-state index contributed by atoms with van der Waals surface area (Å²) in [5, 5.41) is 3.21. The van der Waals surface area contributed by atoms with E-state index < -0.39 is 0 Å². The van der Waals surface area contributed by atoms with Crippen LogP contribution in [0.1, 0.15) is 18.4 Å². The van der Waals surface area contributed by atoms with Gasteiger partial charge in [0.2, 0.25) is 0 Å². The van der Waals surface area contributed by atoms with Gasteiger partial charge in [0, 0.05) is 26.5 Å². The summed E-state index contributed by atoms with van der Waals surface area (Å²) in [5.74, 6) is 0.776. The number of anilines is 2. The van der Waals surface area contributed by atoms with Gasteiger partial charge in [-0.25, -0.2) is 4.98 Å². The first-order valence-corrected chi connectivity index (χ1v) is 5.19. The number of pyridine rings is 1. The highest BCUT2D eigenvalue weighted by atomic mass is 16.5. The highest BCUT2D eigenvalue weighted by Crippen LogP contribution is 2.15. The van der Waals surface area contributed by atoms with Gasteiger partial charge in [0.15, 0.2) is 0 Å². The molecule has 1 aromatic heterocycles. The monoisotopic (exact) mass is 209 g/mol. The van der Waals surface area contributed by atoms with E-state index in [9.17, 15) is 0 Å². The minimum atomic E-state index is 0.710. The average molecular weight is 209 g/mol. The van der Waals surface area contributed by atoms with E-state index in [0.29, 0.717) is 5.69 Å². The molecule has 0 unspecified atom stereocenters. The van der Waals surface area contributed by atoms with Gasteiger partial charge < -0.3 is 15.8 Å². The molecule has 0 bridgehead atoms. The van der Waals surface area contributed by atoms with Crippen LogP contribution in [-0.2, 0) is 4.74 Å². The van der Waals surface area contributed by atoms with E-state index in [1.165, 1.54) is 0 Å².